The zero-order chi connectivity index (χ0) is 21.3. The number of hydrogen-bond donors (Lipinski definition) is 1. The Hall–Kier alpha value is -4.06. The second-order valence-corrected chi connectivity index (χ2v) is 8.08. The zero-order valence-corrected chi connectivity index (χ0v) is 17.5. The fraction of sp³-hybridized carbons (Fsp3) is 0.120. The quantitative estimate of drug-likeness (QED) is 0.453. The van der Waals surface area contributed by atoms with Gasteiger partial charge < -0.3 is 4.98 Å². The molecule has 152 valence electrons. The van der Waals surface area contributed by atoms with Gasteiger partial charge in [0, 0.05) is 42.4 Å². The average molecular weight is 407 g/mol. The Bertz CT molecular complexity index is 1690. The molecule has 0 saturated heterocycles. The Morgan fingerprint density at radius 1 is 0.871 bits per heavy atom. The molecule has 0 spiro atoms. The van der Waals surface area contributed by atoms with Gasteiger partial charge in [0.05, 0.1) is 22.1 Å². The number of para-hydroxylation sites is 2. The third kappa shape index (κ3) is 2.45. The third-order valence-corrected chi connectivity index (χ3v) is 6.15. The van der Waals surface area contributed by atoms with Gasteiger partial charge in [0.25, 0.3) is 0 Å². The summed E-state index contributed by atoms with van der Waals surface area (Å²) in [6.45, 7) is 2.09. The summed E-state index contributed by atoms with van der Waals surface area (Å²) in [5, 5.41) is 1.13. The van der Waals surface area contributed by atoms with Gasteiger partial charge in [-0.2, -0.15) is 0 Å². The summed E-state index contributed by atoms with van der Waals surface area (Å²) in [4.78, 5) is 20.8. The first-order chi connectivity index (χ1) is 15.0. The highest BCUT2D eigenvalue weighted by Crippen LogP contribution is 2.34. The van der Waals surface area contributed by atoms with Crippen LogP contribution >= 0.6 is 0 Å². The molecule has 0 atom stereocenters. The van der Waals surface area contributed by atoms with E-state index in [2.05, 4.69) is 52.9 Å². The number of aryl methyl sites for hydroxylation is 3. The Labute approximate surface area is 178 Å². The van der Waals surface area contributed by atoms with Crippen LogP contribution in [0, 0.1) is 6.92 Å². The van der Waals surface area contributed by atoms with Crippen LogP contribution in [-0.4, -0.2) is 23.7 Å². The second-order valence-electron chi connectivity index (χ2n) is 8.08. The normalized spacial score (nSPS) is 11.8. The fourth-order valence-electron chi connectivity index (χ4n) is 4.53. The molecule has 3 aromatic heterocycles. The minimum absolute atomic E-state index is 0.0325. The van der Waals surface area contributed by atoms with Gasteiger partial charge in [0.2, 0.25) is 0 Å². The van der Waals surface area contributed by atoms with Crippen LogP contribution in [0.5, 0.6) is 0 Å². The molecular weight excluding hydrogens is 386 g/mol. The second kappa shape index (κ2) is 6.22. The molecule has 0 aliphatic rings. The summed E-state index contributed by atoms with van der Waals surface area (Å²) in [6, 6.07) is 20.7. The van der Waals surface area contributed by atoms with Gasteiger partial charge in [0.15, 0.2) is 0 Å². The molecular formula is C25H21N5O. The molecule has 0 radical (unpaired) electrons. The minimum Gasteiger partial charge on any atom is -0.360 e. The number of benzene rings is 3. The Morgan fingerprint density at radius 3 is 2.55 bits per heavy atom. The molecule has 1 N–H and O–H groups in total. The average Bonchev–Trinajstić information content (AvgIpc) is 3.43. The van der Waals surface area contributed by atoms with Gasteiger partial charge >= 0.3 is 5.69 Å². The van der Waals surface area contributed by atoms with E-state index in [-0.39, 0.29) is 5.69 Å². The van der Waals surface area contributed by atoms with E-state index >= 15 is 0 Å². The molecule has 3 heterocycles. The molecule has 0 bridgehead atoms. The maximum Gasteiger partial charge on any atom is 0.328 e. The lowest BCUT2D eigenvalue weighted by Crippen LogP contribution is -2.19. The largest absolute Gasteiger partial charge is 0.360 e. The van der Waals surface area contributed by atoms with Crippen molar-refractivity contribution in [3.8, 4) is 17.1 Å². The van der Waals surface area contributed by atoms with Gasteiger partial charge in [-0.1, -0.05) is 24.3 Å². The molecule has 0 aliphatic heterocycles. The first kappa shape index (κ1) is 17.8. The van der Waals surface area contributed by atoms with E-state index in [1.165, 1.54) is 5.56 Å². The van der Waals surface area contributed by atoms with Crippen molar-refractivity contribution in [2.75, 3.05) is 0 Å². The summed E-state index contributed by atoms with van der Waals surface area (Å²) in [7, 11) is 3.61. The van der Waals surface area contributed by atoms with Crippen LogP contribution < -0.4 is 5.69 Å². The maximum atomic E-state index is 12.4. The summed E-state index contributed by atoms with van der Waals surface area (Å²) in [6.07, 6.45) is 2.03. The minimum atomic E-state index is -0.0325. The summed E-state index contributed by atoms with van der Waals surface area (Å²) in [5.41, 5.74) is 8.05. The van der Waals surface area contributed by atoms with E-state index in [0.717, 1.165) is 50.0 Å². The molecule has 6 rings (SSSR count). The van der Waals surface area contributed by atoms with Crippen LogP contribution in [0.3, 0.4) is 0 Å². The summed E-state index contributed by atoms with van der Waals surface area (Å²) in [5.74, 6) is 0.872. The molecule has 6 nitrogen and oxygen atoms in total. The summed E-state index contributed by atoms with van der Waals surface area (Å²) < 4.78 is 5.54. The molecule has 6 heteroatoms. The molecule has 31 heavy (non-hydrogen) atoms. The van der Waals surface area contributed by atoms with Crippen molar-refractivity contribution in [3.05, 3.63) is 82.9 Å². The lowest BCUT2D eigenvalue weighted by molar-refractivity contribution is 0.795. The fourth-order valence-corrected chi connectivity index (χ4v) is 4.53. The highest BCUT2D eigenvalue weighted by molar-refractivity contribution is 5.97. The van der Waals surface area contributed by atoms with Crippen LogP contribution in [0.2, 0.25) is 0 Å². The number of H-pyrrole nitrogens is 1. The van der Waals surface area contributed by atoms with Gasteiger partial charge in [-0.15, -0.1) is 0 Å². The molecule has 0 fully saturated rings. The van der Waals surface area contributed by atoms with Gasteiger partial charge in [-0.05, 0) is 48.9 Å². The van der Waals surface area contributed by atoms with Crippen LogP contribution in [0.15, 0.2) is 71.7 Å². The van der Waals surface area contributed by atoms with E-state index < -0.39 is 0 Å². The topological polar surface area (TPSA) is 60.5 Å². The number of aromatic nitrogens is 5. The number of imidazole rings is 2. The number of fused-ring (bicyclic) bond motifs is 3. The van der Waals surface area contributed by atoms with Crippen molar-refractivity contribution < 1.29 is 0 Å². The van der Waals surface area contributed by atoms with E-state index in [0.29, 0.717) is 0 Å². The molecule has 3 aromatic carbocycles. The Kier molecular flexibility index (Phi) is 3.56. The standard InChI is InChI=1S/C25H21N5O/c1-15-8-10-17-18(14-26-20(17)12-15)24-27-19-6-4-5-7-21(19)30(24)16-9-11-22-23(13-16)29(3)25(31)28(22)2/h4-14,26H,1-3H3. The Morgan fingerprint density at radius 2 is 1.68 bits per heavy atom. The van der Waals surface area contributed by atoms with E-state index in [1.807, 2.05) is 37.5 Å². The predicted molar refractivity (Wildman–Crippen MR) is 125 cm³/mol. The van der Waals surface area contributed by atoms with Crippen molar-refractivity contribution in [3.63, 3.8) is 0 Å². The van der Waals surface area contributed by atoms with Crippen molar-refractivity contribution in [2.45, 2.75) is 6.92 Å². The highest BCUT2D eigenvalue weighted by atomic mass is 16.1. The van der Waals surface area contributed by atoms with Crippen molar-refractivity contribution in [1.29, 1.82) is 0 Å². The van der Waals surface area contributed by atoms with Crippen LogP contribution in [0.1, 0.15) is 5.56 Å². The van der Waals surface area contributed by atoms with E-state index in [9.17, 15) is 4.79 Å². The molecule has 0 aliphatic carbocycles. The number of rotatable bonds is 2. The molecule has 0 saturated carbocycles. The molecule has 0 unspecified atom stereocenters. The van der Waals surface area contributed by atoms with Gasteiger partial charge in [-0.25, -0.2) is 9.78 Å². The number of nitrogens with one attached hydrogen (secondary N) is 1. The van der Waals surface area contributed by atoms with E-state index in [1.54, 1.807) is 16.2 Å². The maximum absolute atomic E-state index is 12.4. The monoisotopic (exact) mass is 407 g/mol. The van der Waals surface area contributed by atoms with Crippen molar-refractivity contribution >= 4 is 33.0 Å². The van der Waals surface area contributed by atoms with Crippen LogP contribution in [-0.2, 0) is 14.1 Å². The Balaban J connectivity index is 1.69. The number of aromatic amines is 1. The van der Waals surface area contributed by atoms with E-state index in [4.69, 9.17) is 4.98 Å². The lowest BCUT2D eigenvalue weighted by Gasteiger charge is -2.10. The van der Waals surface area contributed by atoms with Crippen molar-refractivity contribution in [1.82, 2.24) is 23.7 Å². The predicted octanol–water partition coefficient (Wildman–Crippen LogP) is 4.67. The smallest absolute Gasteiger partial charge is 0.328 e. The third-order valence-electron chi connectivity index (χ3n) is 6.15. The molecule has 6 aromatic rings. The first-order valence-electron chi connectivity index (χ1n) is 10.2. The SMILES string of the molecule is Cc1ccc2c(-c3nc4ccccc4n3-c3ccc4c(c3)n(C)c(=O)n4C)c[nH]c2c1. The van der Waals surface area contributed by atoms with Crippen LogP contribution in [0.4, 0.5) is 0 Å². The highest BCUT2D eigenvalue weighted by Gasteiger charge is 2.18. The number of hydrogen-bond acceptors (Lipinski definition) is 2. The van der Waals surface area contributed by atoms with Crippen LogP contribution in [0.25, 0.3) is 50.0 Å². The first-order valence-corrected chi connectivity index (χ1v) is 10.2. The van der Waals surface area contributed by atoms with Crippen molar-refractivity contribution in [2.24, 2.45) is 14.1 Å². The number of nitrogens with zero attached hydrogens (tertiary/aromatic N) is 4. The molecule has 0 amide bonds. The summed E-state index contributed by atoms with van der Waals surface area (Å²) >= 11 is 0. The lowest BCUT2D eigenvalue weighted by atomic mass is 10.1. The zero-order valence-electron chi connectivity index (χ0n) is 17.5. The van der Waals surface area contributed by atoms with Gasteiger partial charge in [0.1, 0.15) is 5.82 Å². The van der Waals surface area contributed by atoms with Gasteiger partial charge in [-0.3, -0.25) is 13.7 Å².